The number of ether oxygens (including phenoxy) is 1. The Morgan fingerprint density at radius 3 is 2.70 bits per heavy atom. The average Bonchev–Trinajstić information content (AvgIpc) is 3.27. The normalized spacial score (nSPS) is 19.3. The molecule has 0 saturated carbocycles. The molecule has 1 aliphatic rings. The third kappa shape index (κ3) is 5.01. The molecule has 8 heteroatoms. The van der Waals surface area contributed by atoms with E-state index in [1.807, 2.05) is 26.0 Å². The number of likely N-dealkylation sites (tertiary alicyclic amines) is 1. The maximum Gasteiger partial charge on any atom is 0.256 e. The number of aliphatic hydroxyl groups is 1. The fraction of sp³-hybridized carbons (Fsp3) is 0.364. The number of piperidine rings is 1. The molecule has 2 heterocycles. The number of benzene rings is 1. The van der Waals surface area contributed by atoms with Crippen molar-refractivity contribution in [3.8, 4) is 5.69 Å². The van der Waals surface area contributed by atoms with E-state index in [0.717, 1.165) is 5.57 Å². The zero-order valence-electron chi connectivity index (χ0n) is 17.3. The zero-order valence-corrected chi connectivity index (χ0v) is 17.3. The molecule has 1 aromatic heterocycles. The molecule has 2 atom stereocenters. The van der Waals surface area contributed by atoms with Gasteiger partial charge in [-0.2, -0.15) is 15.0 Å². The Morgan fingerprint density at radius 1 is 1.30 bits per heavy atom. The fourth-order valence-corrected chi connectivity index (χ4v) is 3.46. The fourth-order valence-electron chi connectivity index (χ4n) is 3.46. The lowest BCUT2D eigenvalue weighted by molar-refractivity contribution is 0.0183. The van der Waals surface area contributed by atoms with Gasteiger partial charge >= 0.3 is 0 Å². The number of nitrogens with zero attached hydrogens (tertiary/aromatic N) is 5. The first-order valence-corrected chi connectivity index (χ1v) is 9.91. The van der Waals surface area contributed by atoms with Crippen molar-refractivity contribution in [2.24, 2.45) is 4.99 Å². The van der Waals surface area contributed by atoms with Crippen molar-refractivity contribution in [2.45, 2.75) is 38.8 Å². The van der Waals surface area contributed by atoms with Crippen molar-refractivity contribution in [3.05, 3.63) is 66.7 Å². The van der Waals surface area contributed by atoms with Gasteiger partial charge < -0.3 is 14.7 Å². The highest BCUT2D eigenvalue weighted by atomic mass is 16.5. The first-order valence-electron chi connectivity index (χ1n) is 9.91. The van der Waals surface area contributed by atoms with E-state index in [9.17, 15) is 9.90 Å². The molecule has 2 aromatic rings. The second-order valence-corrected chi connectivity index (χ2v) is 7.32. The number of aliphatic hydroxyl groups excluding tert-OH is 1. The summed E-state index contributed by atoms with van der Waals surface area (Å²) < 4.78 is 6.05. The van der Waals surface area contributed by atoms with E-state index in [1.54, 1.807) is 35.5 Å². The third-order valence-electron chi connectivity index (χ3n) is 4.82. The molecule has 1 N–H and O–H groups in total. The molecular formula is C22H27N5O3. The van der Waals surface area contributed by atoms with Crippen LogP contribution in [0.3, 0.4) is 0 Å². The minimum Gasteiger partial charge on any atom is -0.472 e. The van der Waals surface area contributed by atoms with Crippen molar-refractivity contribution in [3.63, 3.8) is 0 Å². The molecule has 1 amide bonds. The number of aliphatic imine (C=N–C) groups is 1. The Hall–Kier alpha value is -3.26. The summed E-state index contributed by atoms with van der Waals surface area (Å²) in [5.74, 6) is 0.269. The van der Waals surface area contributed by atoms with Gasteiger partial charge in [0.1, 0.15) is 6.10 Å². The van der Waals surface area contributed by atoms with Crippen LogP contribution in [0.1, 0.15) is 37.0 Å². The van der Waals surface area contributed by atoms with Crippen molar-refractivity contribution < 1.29 is 14.6 Å². The van der Waals surface area contributed by atoms with Gasteiger partial charge in [0, 0.05) is 6.20 Å². The molecule has 1 saturated heterocycles. The Balaban J connectivity index is 1.85. The summed E-state index contributed by atoms with van der Waals surface area (Å²) in [6.45, 7) is 7.79. The van der Waals surface area contributed by atoms with Crippen LogP contribution < -0.4 is 0 Å². The molecule has 158 valence electrons. The average molecular weight is 409 g/mol. The van der Waals surface area contributed by atoms with Crippen molar-refractivity contribution >= 4 is 11.8 Å². The highest BCUT2D eigenvalue weighted by Crippen LogP contribution is 2.24. The summed E-state index contributed by atoms with van der Waals surface area (Å²) >= 11 is 0. The van der Waals surface area contributed by atoms with Crippen molar-refractivity contribution in [1.29, 1.82) is 0 Å². The highest BCUT2D eigenvalue weighted by molar-refractivity contribution is 5.98. The van der Waals surface area contributed by atoms with Crippen LogP contribution >= 0.6 is 0 Å². The van der Waals surface area contributed by atoms with Crippen LogP contribution in [-0.4, -0.2) is 62.1 Å². The Morgan fingerprint density at radius 2 is 2.03 bits per heavy atom. The SMILES string of the molecule is C=CN=C(C=C(C)C)O[C@@H]1CC[C@@H](CO)N(C(=O)c2ccccc2-n2nccn2)C1. The molecule has 0 unspecified atom stereocenters. The largest absolute Gasteiger partial charge is 0.472 e. The van der Waals surface area contributed by atoms with Gasteiger partial charge in [-0.05, 0) is 44.9 Å². The van der Waals surface area contributed by atoms with Gasteiger partial charge in [0.15, 0.2) is 0 Å². The summed E-state index contributed by atoms with van der Waals surface area (Å²) in [5.41, 5.74) is 2.11. The number of hydrogen-bond acceptors (Lipinski definition) is 6. The molecule has 1 aromatic carbocycles. The number of carbonyl (C=O) groups is 1. The second kappa shape index (κ2) is 9.98. The van der Waals surface area contributed by atoms with Crippen LogP contribution in [-0.2, 0) is 4.74 Å². The maximum absolute atomic E-state index is 13.5. The summed E-state index contributed by atoms with van der Waals surface area (Å²) in [4.78, 5) is 20.7. The van der Waals surface area contributed by atoms with E-state index in [2.05, 4.69) is 21.8 Å². The highest BCUT2D eigenvalue weighted by Gasteiger charge is 2.34. The van der Waals surface area contributed by atoms with Crippen LogP contribution in [0, 0.1) is 0 Å². The van der Waals surface area contributed by atoms with Crippen LogP contribution in [0.2, 0.25) is 0 Å². The summed E-state index contributed by atoms with van der Waals surface area (Å²) in [6, 6.07) is 6.89. The maximum atomic E-state index is 13.5. The Labute approximate surface area is 176 Å². The van der Waals surface area contributed by atoms with Crippen molar-refractivity contribution in [1.82, 2.24) is 19.9 Å². The smallest absolute Gasteiger partial charge is 0.256 e. The number of rotatable bonds is 6. The number of amides is 1. The second-order valence-electron chi connectivity index (χ2n) is 7.32. The predicted molar refractivity (Wildman–Crippen MR) is 114 cm³/mol. The van der Waals surface area contributed by atoms with Gasteiger partial charge in [-0.1, -0.05) is 24.3 Å². The van der Waals surface area contributed by atoms with Crippen LogP contribution in [0.25, 0.3) is 5.69 Å². The Bertz CT molecular complexity index is 932. The number of para-hydroxylation sites is 1. The zero-order chi connectivity index (χ0) is 21.5. The van der Waals surface area contributed by atoms with Crippen LogP contribution in [0.4, 0.5) is 0 Å². The van der Waals surface area contributed by atoms with Gasteiger partial charge in [0.2, 0.25) is 5.90 Å². The van der Waals surface area contributed by atoms with Gasteiger partial charge in [-0.15, -0.1) is 0 Å². The quantitative estimate of drug-likeness (QED) is 0.585. The molecule has 1 aliphatic heterocycles. The molecule has 0 aliphatic carbocycles. The summed E-state index contributed by atoms with van der Waals surface area (Å²) in [5, 5.41) is 18.2. The van der Waals surface area contributed by atoms with E-state index in [4.69, 9.17) is 4.74 Å². The van der Waals surface area contributed by atoms with Gasteiger partial charge in [0.25, 0.3) is 5.91 Å². The first-order chi connectivity index (χ1) is 14.5. The summed E-state index contributed by atoms with van der Waals surface area (Å²) in [7, 11) is 0. The van der Waals surface area contributed by atoms with E-state index >= 15 is 0 Å². The van der Waals surface area contributed by atoms with Gasteiger partial charge in [-0.3, -0.25) is 4.79 Å². The lowest BCUT2D eigenvalue weighted by atomic mass is 9.98. The standard InChI is InChI=1S/C22H27N5O3/c1-4-23-21(13-16(2)3)30-18-10-9-17(15-28)26(14-18)22(29)19-7-5-6-8-20(19)27-24-11-12-25-27/h4-8,11-13,17-18,28H,1,9-10,14-15H2,2-3H3/t17-,18+/m0/s1. The first kappa shape index (κ1) is 21.4. The minimum absolute atomic E-state index is 0.109. The van der Waals surface area contributed by atoms with Gasteiger partial charge in [0.05, 0.1) is 42.8 Å². The number of hydrogen-bond donors (Lipinski definition) is 1. The number of allylic oxidation sites excluding steroid dienone is 1. The molecule has 3 rings (SSSR count). The molecule has 0 radical (unpaired) electrons. The van der Waals surface area contributed by atoms with Crippen LogP contribution in [0.5, 0.6) is 0 Å². The number of aromatic nitrogens is 3. The van der Waals surface area contributed by atoms with E-state index < -0.39 is 0 Å². The molecule has 0 bridgehead atoms. The minimum atomic E-state index is -0.278. The summed E-state index contributed by atoms with van der Waals surface area (Å²) in [6.07, 6.45) is 7.50. The van der Waals surface area contributed by atoms with E-state index in [-0.39, 0.29) is 24.7 Å². The third-order valence-corrected chi connectivity index (χ3v) is 4.82. The lowest BCUT2D eigenvalue weighted by Crippen LogP contribution is -2.51. The molecular weight excluding hydrogens is 382 g/mol. The van der Waals surface area contributed by atoms with Crippen LogP contribution in [0.15, 0.2) is 66.1 Å². The van der Waals surface area contributed by atoms with E-state index in [0.29, 0.717) is 36.5 Å². The van der Waals surface area contributed by atoms with Gasteiger partial charge in [-0.25, -0.2) is 4.99 Å². The molecule has 1 fully saturated rings. The molecule has 8 nitrogen and oxygen atoms in total. The molecule has 0 spiro atoms. The monoisotopic (exact) mass is 409 g/mol. The predicted octanol–water partition coefficient (Wildman–Crippen LogP) is 2.76. The lowest BCUT2D eigenvalue weighted by Gasteiger charge is -2.39. The van der Waals surface area contributed by atoms with Crippen molar-refractivity contribution in [2.75, 3.05) is 13.2 Å². The molecule has 30 heavy (non-hydrogen) atoms. The number of carbonyl (C=O) groups excluding carboxylic acids is 1. The van der Waals surface area contributed by atoms with E-state index in [1.165, 1.54) is 11.0 Å². The topological polar surface area (TPSA) is 92.8 Å². The Kier molecular flexibility index (Phi) is 7.13.